The number of aliphatic hydroxyl groups is 2. The summed E-state index contributed by atoms with van der Waals surface area (Å²) in [6, 6.07) is 0. The maximum Gasteiger partial charge on any atom is 0.472 e. The van der Waals surface area contributed by atoms with E-state index in [2.05, 4.69) is 54.8 Å². The van der Waals surface area contributed by atoms with Crippen LogP contribution in [-0.2, 0) is 32.7 Å². The van der Waals surface area contributed by atoms with E-state index >= 15 is 0 Å². The number of carbonyl (C=O) groups is 2. The molecule has 1 unspecified atom stereocenters. The van der Waals surface area contributed by atoms with Gasteiger partial charge >= 0.3 is 19.8 Å². The summed E-state index contributed by atoms with van der Waals surface area (Å²) < 4.78 is 32.7. The molecule has 0 aliphatic heterocycles. The number of aliphatic hydroxyl groups excluding tert-OH is 2. The number of allylic oxidation sites excluding steroid dienone is 6. The van der Waals surface area contributed by atoms with E-state index in [9.17, 15) is 24.2 Å². The third kappa shape index (κ3) is 42.1. The topological polar surface area (TPSA) is 149 Å². The number of phosphoric ester groups is 1. The summed E-state index contributed by atoms with van der Waals surface area (Å²) in [5.74, 6) is -0.979. The molecule has 0 saturated heterocycles. The molecule has 0 bridgehead atoms. The second-order valence-corrected chi connectivity index (χ2v) is 16.9. The fourth-order valence-electron chi connectivity index (χ4n) is 6.20. The summed E-state index contributed by atoms with van der Waals surface area (Å²) in [4.78, 5) is 35.0. The molecule has 0 fully saturated rings. The monoisotopic (exact) mass is 829 g/mol. The molecule has 0 amide bonds. The number of esters is 2. The van der Waals surface area contributed by atoms with Crippen LogP contribution in [0.5, 0.6) is 0 Å². The van der Waals surface area contributed by atoms with Crippen molar-refractivity contribution >= 4 is 19.8 Å². The van der Waals surface area contributed by atoms with Gasteiger partial charge in [-0.1, -0.05) is 166 Å². The van der Waals surface area contributed by atoms with Crippen molar-refractivity contribution in [3.8, 4) is 0 Å². The summed E-state index contributed by atoms with van der Waals surface area (Å²) in [6.07, 6.45) is 44.0. The van der Waals surface area contributed by atoms with Crippen LogP contribution in [-0.4, -0.2) is 65.7 Å². The zero-order chi connectivity index (χ0) is 41.9. The minimum atomic E-state index is -4.63. The van der Waals surface area contributed by atoms with E-state index in [0.29, 0.717) is 12.8 Å². The number of unbranched alkanes of at least 4 members (excludes halogenated alkanes) is 23. The van der Waals surface area contributed by atoms with Crippen molar-refractivity contribution in [2.45, 2.75) is 219 Å². The second kappa shape index (κ2) is 42.3. The Hall–Kier alpha value is -1.81. The van der Waals surface area contributed by atoms with E-state index in [0.717, 1.165) is 44.9 Å². The maximum absolute atomic E-state index is 12.6. The smallest absolute Gasteiger partial charge is 0.462 e. The van der Waals surface area contributed by atoms with Crippen molar-refractivity contribution in [3.05, 3.63) is 36.5 Å². The maximum atomic E-state index is 12.6. The molecule has 0 radical (unpaired) electrons. The van der Waals surface area contributed by atoms with Crippen LogP contribution in [0.15, 0.2) is 36.5 Å². The molecule has 0 aromatic carbocycles. The lowest BCUT2D eigenvalue weighted by Gasteiger charge is -2.20. The highest BCUT2D eigenvalue weighted by Gasteiger charge is 2.27. The van der Waals surface area contributed by atoms with Gasteiger partial charge in [-0.25, -0.2) is 4.57 Å². The van der Waals surface area contributed by atoms with Crippen molar-refractivity contribution in [1.29, 1.82) is 0 Å². The number of hydrogen-bond donors (Lipinski definition) is 3. The summed E-state index contributed by atoms with van der Waals surface area (Å²) in [5, 5.41) is 18.3. The summed E-state index contributed by atoms with van der Waals surface area (Å²) >= 11 is 0. The standard InChI is InChI=1S/C46H85O10P/c1-3-5-7-9-11-13-15-17-19-21-23-25-27-29-31-33-35-37-45(49)53-41-44(42-55-57(51,52)54-40-43(48)39-47)56-46(50)38-36-34-32-30-28-26-24-22-20-18-16-14-12-10-8-6-4-2/h18,20,23,25,29,31,43-44,47-48H,3-17,19,21-22,24,26-28,30,32-42H2,1-2H3,(H,51,52)/b20-18+,25-23+,31-29+/t43-,44+/m0/s1. The van der Waals surface area contributed by atoms with E-state index in [1.807, 2.05) is 0 Å². The number of phosphoric acid groups is 1. The molecule has 0 saturated carbocycles. The Morgan fingerprint density at radius 2 is 0.930 bits per heavy atom. The van der Waals surface area contributed by atoms with Crippen LogP contribution < -0.4 is 0 Å². The van der Waals surface area contributed by atoms with Crippen LogP contribution in [0.2, 0.25) is 0 Å². The average Bonchev–Trinajstić information content (AvgIpc) is 3.20. The van der Waals surface area contributed by atoms with Crippen LogP contribution in [0, 0.1) is 0 Å². The van der Waals surface area contributed by atoms with Crippen LogP contribution >= 0.6 is 7.82 Å². The first-order valence-corrected chi connectivity index (χ1v) is 24.4. The van der Waals surface area contributed by atoms with Gasteiger partial charge in [-0.05, 0) is 64.2 Å². The molecule has 11 heteroatoms. The van der Waals surface area contributed by atoms with Gasteiger partial charge in [0.1, 0.15) is 12.7 Å². The molecule has 0 aromatic heterocycles. The summed E-state index contributed by atoms with van der Waals surface area (Å²) in [7, 11) is -4.63. The Morgan fingerprint density at radius 3 is 1.42 bits per heavy atom. The Bertz CT molecular complexity index is 1050. The SMILES string of the molecule is CCCCCCCC/C=C/CCCCCCCCCC(=O)O[C@H](COC(=O)CCC/C=C/C/C=C/CCCCCCCCCCC)COP(=O)(O)OC[C@@H](O)CO. The normalized spacial score (nSPS) is 14.1. The predicted molar refractivity (Wildman–Crippen MR) is 233 cm³/mol. The first-order valence-electron chi connectivity index (χ1n) is 22.9. The molecular weight excluding hydrogens is 743 g/mol. The van der Waals surface area contributed by atoms with E-state index in [1.54, 1.807) is 0 Å². The van der Waals surface area contributed by atoms with Gasteiger partial charge < -0.3 is 24.6 Å². The number of rotatable bonds is 43. The largest absolute Gasteiger partial charge is 0.472 e. The van der Waals surface area contributed by atoms with Gasteiger partial charge in [-0.15, -0.1) is 0 Å². The van der Waals surface area contributed by atoms with Crippen molar-refractivity contribution in [2.75, 3.05) is 26.4 Å². The average molecular weight is 829 g/mol. The first-order chi connectivity index (χ1) is 27.7. The third-order valence-corrected chi connectivity index (χ3v) is 10.7. The minimum Gasteiger partial charge on any atom is -0.462 e. The lowest BCUT2D eigenvalue weighted by molar-refractivity contribution is -0.161. The van der Waals surface area contributed by atoms with Crippen LogP contribution in [0.4, 0.5) is 0 Å². The third-order valence-electron chi connectivity index (χ3n) is 9.77. The van der Waals surface area contributed by atoms with E-state index < -0.39 is 51.8 Å². The van der Waals surface area contributed by atoms with Crippen LogP contribution in [0.1, 0.15) is 206 Å². The van der Waals surface area contributed by atoms with Crippen molar-refractivity contribution in [3.63, 3.8) is 0 Å². The van der Waals surface area contributed by atoms with Gasteiger partial charge in [0.2, 0.25) is 0 Å². The fraction of sp³-hybridized carbons (Fsp3) is 0.826. The van der Waals surface area contributed by atoms with E-state index in [-0.39, 0.29) is 19.4 Å². The lowest BCUT2D eigenvalue weighted by Crippen LogP contribution is -2.29. The Morgan fingerprint density at radius 1 is 0.526 bits per heavy atom. The highest BCUT2D eigenvalue weighted by molar-refractivity contribution is 7.47. The number of ether oxygens (including phenoxy) is 2. The molecule has 0 aliphatic carbocycles. The van der Waals surface area contributed by atoms with Gasteiger partial charge in [-0.3, -0.25) is 18.6 Å². The zero-order valence-electron chi connectivity index (χ0n) is 36.3. The predicted octanol–water partition coefficient (Wildman–Crippen LogP) is 12.3. The minimum absolute atomic E-state index is 0.171. The van der Waals surface area contributed by atoms with Gasteiger partial charge in [0.05, 0.1) is 19.8 Å². The highest BCUT2D eigenvalue weighted by Crippen LogP contribution is 2.43. The van der Waals surface area contributed by atoms with Crippen LogP contribution in [0.3, 0.4) is 0 Å². The molecule has 0 heterocycles. The summed E-state index contributed by atoms with van der Waals surface area (Å²) in [5.41, 5.74) is 0. The van der Waals surface area contributed by atoms with Gasteiger partial charge in [0.25, 0.3) is 0 Å². The van der Waals surface area contributed by atoms with Gasteiger partial charge in [0.15, 0.2) is 6.10 Å². The molecule has 0 aliphatic rings. The molecule has 0 spiro atoms. The van der Waals surface area contributed by atoms with Crippen molar-refractivity contribution in [2.24, 2.45) is 0 Å². The van der Waals surface area contributed by atoms with Gasteiger partial charge in [0, 0.05) is 12.8 Å². The fourth-order valence-corrected chi connectivity index (χ4v) is 6.99. The molecule has 3 atom stereocenters. The quantitative estimate of drug-likeness (QED) is 0.0235. The highest BCUT2D eigenvalue weighted by atomic mass is 31.2. The van der Waals surface area contributed by atoms with Gasteiger partial charge in [-0.2, -0.15) is 0 Å². The Balaban J connectivity index is 4.32. The zero-order valence-corrected chi connectivity index (χ0v) is 37.2. The van der Waals surface area contributed by atoms with E-state index in [4.69, 9.17) is 19.1 Å². The Labute approximate surface area is 348 Å². The van der Waals surface area contributed by atoms with Crippen molar-refractivity contribution < 1.29 is 47.8 Å². The van der Waals surface area contributed by atoms with E-state index in [1.165, 1.54) is 122 Å². The number of hydrogen-bond acceptors (Lipinski definition) is 9. The molecule has 3 N–H and O–H groups in total. The Kier molecular flexibility index (Phi) is 41.0. The molecule has 57 heavy (non-hydrogen) atoms. The molecule has 10 nitrogen and oxygen atoms in total. The summed E-state index contributed by atoms with van der Waals surface area (Å²) in [6.45, 7) is 2.34. The first kappa shape index (κ1) is 55.2. The van der Waals surface area contributed by atoms with Crippen LogP contribution in [0.25, 0.3) is 0 Å². The molecule has 0 rings (SSSR count). The second-order valence-electron chi connectivity index (χ2n) is 15.4. The number of carbonyl (C=O) groups excluding carboxylic acids is 2. The molecular formula is C46H85O10P. The molecule has 334 valence electrons. The van der Waals surface area contributed by atoms with Crippen molar-refractivity contribution in [1.82, 2.24) is 0 Å². The molecule has 0 aromatic rings. The lowest BCUT2D eigenvalue weighted by atomic mass is 10.1.